The summed E-state index contributed by atoms with van der Waals surface area (Å²) < 4.78 is 0. The second kappa shape index (κ2) is 6.65. The summed E-state index contributed by atoms with van der Waals surface area (Å²) in [5.41, 5.74) is 1.91. The first-order chi connectivity index (χ1) is 11.2. The third-order valence-electron chi connectivity index (χ3n) is 3.25. The SMILES string of the molecule is O=C(NCc1ccc(=O)[nH]c1)c1cnc(-c2ccccc2)nc1. The second-order valence-electron chi connectivity index (χ2n) is 4.91. The van der Waals surface area contributed by atoms with Crippen LogP contribution in [0.15, 0.2) is 65.8 Å². The first kappa shape index (κ1) is 14.6. The molecular weight excluding hydrogens is 292 g/mol. The number of amides is 1. The summed E-state index contributed by atoms with van der Waals surface area (Å²) in [7, 11) is 0. The average Bonchev–Trinajstić information content (AvgIpc) is 2.62. The second-order valence-corrected chi connectivity index (χ2v) is 4.91. The fourth-order valence-corrected chi connectivity index (χ4v) is 2.02. The minimum Gasteiger partial charge on any atom is -0.348 e. The zero-order valence-corrected chi connectivity index (χ0v) is 12.2. The Bertz CT molecular complexity index is 837. The number of carbonyl (C=O) groups is 1. The normalized spacial score (nSPS) is 10.3. The Morgan fingerprint density at radius 1 is 1.04 bits per heavy atom. The van der Waals surface area contributed by atoms with Crippen LogP contribution >= 0.6 is 0 Å². The molecule has 3 aromatic rings. The highest BCUT2D eigenvalue weighted by Gasteiger charge is 2.08. The molecule has 2 heterocycles. The minimum absolute atomic E-state index is 0.176. The Morgan fingerprint density at radius 2 is 1.78 bits per heavy atom. The predicted octanol–water partition coefficient (Wildman–Crippen LogP) is 1.76. The summed E-state index contributed by atoms with van der Waals surface area (Å²) in [6.07, 6.45) is 4.56. The lowest BCUT2D eigenvalue weighted by Crippen LogP contribution is -2.23. The van der Waals surface area contributed by atoms with Crippen molar-refractivity contribution in [1.29, 1.82) is 0 Å². The highest BCUT2D eigenvalue weighted by Crippen LogP contribution is 2.13. The molecule has 2 aromatic heterocycles. The number of benzene rings is 1. The van der Waals surface area contributed by atoms with E-state index < -0.39 is 0 Å². The molecule has 0 unspecified atom stereocenters. The van der Waals surface area contributed by atoms with Gasteiger partial charge in [0.1, 0.15) is 0 Å². The van der Waals surface area contributed by atoms with Gasteiger partial charge in [-0.25, -0.2) is 9.97 Å². The maximum Gasteiger partial charge on any atom is 0.254 e. The van der Waals surface area contributed by atoms with Gasteiger partial charge >= 0.3 is 0 Å². The Balaban J connectivity index is 1.66. The third kappa shape index (κ3) is 3.68. The fourth-order valence-electron chi connectivity index (χ4n) is 2.02. The van der Waals surface area contributed by atoms with Crippen LogP contribution in [0.3, 0.4) is 0 Å². The zero-order valence-electron chi connectivity index (χ0n) is 12.2. The van der Waals surface area contributed by atoms with Crippen molar-refractivity contribution in [2.75, 3.05) is 0 Å². The van der Waals surface area contributed by atoms with Crippen molar-refractivity contribution in [3.05, 3.63) is 82.5 Å². The number of aromatic amines is 1. The van der Waals surface area contributed by atoms with Gasteiger partial charge in [-0.3, -0.25) is 9.59 Å². The van der Waals surface area contributed by atoms with Crippen molar-refractivity contribution in [3.8, 4) is 11.4 Å². The highest BCUT2D eigenvalue weighted by molar-refractivity contribution is 5.93. The van der Waals surface area contributed by atoms with E-state index in [0.717, 1.165) is 11.1 Å². The number of nitrogens with zero attached hydrogens (tertiary/aromatic N) is 2. The van der Waals surface area contributed by atoms with Crippen LogP contribution in [0.1, 0.15) is 15.9 Å². The van der Waals surface area contributed by atoms with Crippen LogP contribution in [-0.2, 0) is 6.54 Å². The standard InChI is InChI=1S/C17H14N4O2/c22-15-7-6-12(8-18-15)9-21-17(23)14-10-19-16(20-11-14)13-4-2-1-3-5-13/h1-8,10-11H,9H2,(H,18,22)(H,21,23). The zero-order chi connectivity index (χ0) is 16.1. The molecule has 0 saturated carbocycles. The molecule has 1 amide bonds. The fraction of sp³-hybridized carbons (Fsp3) is 0.0588. The maximum atomic E-state index is 12.1. The summed E-state index contributed by atoms with van der Waals surface area (Å²) in [6, 6.07) is 12.6. The monoisotopic (exact) mass is 306 g/mol. The van der Waals surface area contributed by atoms with Crippen LogP contribution in [0.2, 0.25) is 0 Å². The first-order valence-corrected chi connectivity index (χ1v) is 7.06. The summed E-state index contributed by atoms with van der Waals surface area (Å²) in [5.74, 6) is 0.304. The van der Waals surface area contributed by atoms with Gasteiger partial charge in [-0.2, -0.15) is 0 Å². The van der Waals surface area contributed by atoms with Crippen molar-refractivity contribution >= 4 is 5.91 Å². The van der Waals surface area contributed by atoms with Gasteiger partial charge in [0.25, 0.3) is 5.91 Å². The number of pyridine rings is 1. The Kier molecular flexibility index (Phi) is 4.24. The number of rotatable bonds is 4. The summed E-state index contributed by atoms with van der Waals surface area (Å²) in [6.45, 7) is 0.316. The van der Waals surface area contributed by atoms with E-state index in [4.69, 9.17) is 0 Å². The van der Waals surface area contributed by atoms with Gasteiger partial charge in [-0.1, -0.05) is 36.4 Å². The summed E-state index contributed by atoms with van der Waals surface area (Å²) >= 11 is 0. The minimum atomic E-state index is -0.268. The predicted molar refractivity (Wildman–Crippen MR) is 85.7 cm³/mol. The smallest absolute Gasteiger partial charge is 0.254 e. The van der Waals surface area contributed by atoms with E-state index in [-0.39, 0.29) is 11.5 Å². The number of H-pyrrole nitrogens is 1. The molecule has 0 aliphatic rings. The number of aromatic nitrogens is 3. The Labute approximate surface area is 132 Å². The van der Waals surface area contributed by atoms with Crippen LogP contribution in [0, 0.1) is 0 Å². The van der Waals surface area contributed by atoms with Crippen molar-refractivity contribution in [2.45, 2.75) is 6.54 Å². The summed E-state index contributed by atoms with van der Waals surface area (Å²) in [5, 5.41) is 2.75. The number of carbonyl (C=O) groups excluding carboxylic acids is 1. The molecule has 23 heavy (non-hydrogen) atoms. The number of hydrogen-bond donors (Lipinski definition) is 2. The molecule has 2 N–H and O–H groups in total. The van der Waals surface area contributed by atoms with E-state index in [1.54, 1.807) is 12.3 Å². The van der Waals surface area contributed by atoms with E-state index in [1.165, 1.54) is 18.5 Å². The van der Waals surface area contributed by atoms with Gasteiger partial charge < -0.3 is 10.3 Å². The molecule has 1 aromatic carbocycles. The van der Waals surface area contributed by atoms with Gasteiger partial charge in [0.05, 0.1) is 5.56 Å². The average molecular weight is 306 g/mol. The van der Waals surface area contributed by atoms with Crippen LogP contribution in [-0.4, -0.2) is 20.9 Å². The topological polar surface area (TPSA) is 87.7 Å². The molecule has 6 nitrogen and oxygen atoms in total. The lowest BCUT2D eigenvalue weighted by Gasteiger charge is -2.05. The molecule has 0 radical (unpaired) electrons. The van der Waals surface area contributed by atoms with Crippen LogP contribution in [0.25, 0.3) is 11.4 Å². The van der Waals surface area contributed by atoms with Crippen LogP contribution < -0.4 is 10.9 Å². The van der Waals surface area contributed by atoms with E-state index in [9.17, 15) is 9.59 Å². The van der Waals surface area contributed by atoms with Gasteiger partial charge in [0.2, 0.25) is 5.56 Å². The van der Waals surface area contributed by atoms with Crippen molar-refractivity contribution in [1.82, 2.24) is 20.3 Å². The van der Waals surface area contributed by atoms with Gasteiger partial charge in [0, 0.05) is 36.8 Å². The van der Waals surface area contributed by atoms with Crippen molar-refractivity contribution < 1.29 is 4.79 Å². The third-order valence-corrected chi connectivity index (χ3v) is 3.25. The van der Waals surface area contributed by atoms with Crippen molar-refractivity contribution in [3.63, 3.8) is 0 Å². The number of hydrogen-bond acceptors (Lipinski definition) is 4. The highest BCUT2D eigenvalue weighted by atomic mass is 16.1. The van der Waals surface area contributed by atoms with Gasteiger partial charge in [-0.15, -0.1) is 0 Å². The largest absolute Gasteiger partial charge is 0.348 e. The van der Waals surface area contributed by atoms with E-state index in [1.807, 2.05) is 30.3 Å². The lowest BCUT2D eigenvalue weighted by atomic mass is 10.2. The lowest BCUT2D eigenvalue weighted by molar-refractivity contribution is 0.0950. The Morgan fingerprint density at radius 3 is 2.43 bits per heavy atom. The van der Waals surface area contributed by atoms with E-state index >= 15 is 0 Å². The molecule has 0 bridgehead atoms. The summed E-state index contributed by atoms with van der Waals surface area (Å²) in [4.78, 5) is 34.0. The number of nitrogens with one attached hydrogen (secondary N) is 2. The molecule has 114 valence electrons. The van der Waals surface area contributed by atoms with Gasteiger partial charge in [0.15, 0.2) is 5.82 Å². The molecule has 0 aliphatic heterocycles. The molecule has 0 fully saturated rings. The molecule has 0 saturated heterocycles. The molecular formula is C17H14N4O2. The van der Waals surface area contributed by atoms with Crippen LogP contribution in [0.5, 0.6) is 0 Å². The molecule has 6 heteroatoms. The van der Waals surface area contributed by atoms with Gasteiger partial charge in [-0.05, 0) is 5.56 Å². The van der Waals surface area contributed by atoms with E-state index in [2.05, 4.69) is 20.3 Å². The first-order valence-electron chi connectivity index (χ1n) is 7.06. The molecule has 0 aliphatic carbocycles. The Hall–Kier alpha value is -3.28. The van der Waals surface area contributed by atoms with Crippen molar-refractivity contribution in [2.24, 2.45) is 0 Å². The molecule has 0 spiro atoms. The molecule has 3 rings (SSSR count). The quantitative estimate of drug-likeness (QED) is 0.769. The maximum absolute atomic E-state index is 12.1. The van der Waals surface area contributed by atoms with E-state index in [0.29, 0.717) is 17.9 Å². The van der Waals surface area contributed by atoms with Crippen LogP contribution in [0.4, 0.5) is 0 Å². The molecule has 0 atom stereocenters.